The number of nitrogens with zero attached hydrogens (tertiary/aromatic N) is 2. The van der Waals surface area contributed by atoms with Gasteiger partial charge in [0.05, 0.1) is 5.69 Å². The lowest BCUT2D eigenvalue weighted by atomic mass is 10.1. The van der Waals surface area contributed by atoms with Gasteiger partial charge in [-0.3, -0.25) is 0 Å². The summed E-state index contributed by atoms with van der Waals surface area (Å²) in [7, 11) is 0. The summed E-state index contributed by atoms with van der Waals surface area (Å²) in [5, 5.41) is 12.2. The summed E-state index contributed by atoms with van der Waals surface area (Å²) >= 11 is 0. The molecule has 0 unspecified atom stereocenters. The lowest BCUT2D eigenvalue weighted by Gasteiger charge is -2.08. The van der Waals surface area contributed by atoms with Crippen molar-refractivity contribution in [3.8, 4) is 0 Å². The van der Waals surface area contributed by atoms with E-state index in [2.05, 4.69) is 15.3 Å². The van der Waals surface area contributed by atoms with E-state index < -0.39 is 5.97 Å². The number of carboxylic acids is 1. The zero-order chi connectivity index (χ0) is 13.7. The van der Waals surface area contributed by atoms with Crippen LogP contribution in [0.4, 0.5) is 0 Å². The summed E-state index contributed by atoms with van der Waals surface area (Å²) in [6, 6.07) is 8.06. The average molecular weight is 257 g/mol. The Morgan fingerprint density at radius 3 is 2.84 bits per heavy atom. The van der Waals surface area contributed by atoms with Crippen LogP contribution in [0, 0.1) is 6.92 Å². The van der Waals surface area contributed by atoms with E-state index >= 15 is 0 Å². The molecule has 0 fully saturated rings. The summed E-state index contributed by atoms with van der Waals surface area (Å²) < 4.78 is 0. The van der Waals surface area contributed by atoms with Crippen molar-refractivity contribution in [1.82, 2.24) is 15.3 Å². The minimum absolute atomic E-state index is 0.139. The number of carboxylic acid groups (broad SMARTS) is 1. The summed E-state index contributed by atoms with van der Waals surface area (Å²) in [5.74, 6) is -1.01. The van der Waals surface area contributed by atoms with Crippen LogP contribution in [0.25, 0.3) is 0 Å². The molecule has 0 spiro atoms. The van der Waals surface area contributed by atoms with Crippen LogP contribution in [0.1, 0.15) is 27.2 Å². The van der Waals surface area contributed by atoms with Gasteiger partial charge in [-0.2, -0.15) is 0 Å². The third-order valence-corrected chi connectivity index (χ3v) is 2.89. The molecule has 5 nitrogen and oxygen atoms in total. The maximum atomic E-state index is 11.0. The first kappa shape index (κ1) is 13.2. The normalized spacial score (nSPS) is 10.4. The molecule has 1 aromatic heterocycles. The van der Waals surface area contributed by atoms with E-state index in [4.69, 9.17) is 5.11 Å². The molecule has 0 saturated heterocycles. The van der Waals surface area contributed by atoms with E-state index in [9.17, 15) is 4.79 Å². The Kier molecular flexibility index (Phi) is 4.20. The van der Waals surface area contributed by atoms with E-state index in [1.807, 2.05) is 31.2 Å². The van der Waals surface area contributed by atoms with Gasteiger partial charge >= 0.3 is 5.97 Å². The predicted octanol–water partition coefficient (Wildman–Crippen LogP) is 1.77. The Bertz CT molecular complexity index is 584. The number of carbonyl (C=O) groups is 1. The Morgan fingerprint density at radius 1 is 1.32 bits per heavy atom. The second-order valence-corrected chi connectivity index (χ2v) is 4.22. The maximum absolute atomic E-state index is 11.0. The van der Waals surface area contributed by atoms with Gasteiger partial charge in [0.1, 0.15) is 11.9 Å². The number of hydrogen-bond acceptors (Lipinski definition) is 4. The van der Waals surface area contributed by atoms with E-state index in [1.165, 1.54) is 23.7 Å². The van der Waals surface area contributed by atoms with Crippen LogP contribution in [0.5, 0.6) is 0 Å². The van der Waals surface area contributed by atoms with Gasteiger partial charge in [-0.05, 0) is 18.1 Å². The van der Waals surface area contributed by atoms with E-state index in [1.54, 1.807) is 0 Å². The lowest BCUT2D eigenvalue weighted by molar-refractivity contribution is 0.0694. The molecule has 0 amide bonds. The van der Waals surface area contributed by atoms with E-state index in [-0.39, 0.29) is 5.56 Å². The number of aromatic nitrogens is 2. The van der Waals surface area contributed by atoms with Crippen LogP contribution < -0.4 is 5.32 Å². The highest BCUT2D eigenvalue weighted by Crippen LogP contribution is 2.07. The van der Waals surface area contributed by atoms with Gasteiger partial charge < -0.3 is 10.4 Å². The Balaban J connectivity index is 2.00. The Labute approximate surface area is 111 Å². The van der Waals surface area contributed by atoms with Crippen LogP contribution in [0.15, 0.2) is 36.8 Å². The third-order valence-electron chi connectivity index (χ3n) is 2.89. The minimum atomic E-state index is -1.01. The highest BCUT2D eigenvalue weighted by atomic mass is 16.4. The highest BCUT2D eigenvalue weighted by molar-refractivity contribution is 5.88. The molecule has 2 rings (SSSR count). The Hall–Kier alpha value is -2.27. The summed E-state index contributed by atoms with van der Waals surface area (Å²) in [6.07, 6.45) is 2.68. The Morgan fingerprint density at radius 2 is 2.11 bits per heavy atom. The van der Waals surface area contributed by atoms with Crippen molar-refractivity contribution in [2.75, 3.05) is 0 Å². The SMILES string of the molecule is Cc1ccccc1CNCc1ncncc1C(=O)O. The summed E-state index contributed by atoms with van der Waals surface area (Å²) in [4.78, 5) is 18.7. The van der Waals surface area contributed by atoms with Gasteiger partial charge in [0.2, 0.25) is 0 Å². The van der Waals surface area contributed by atoms with Crippen LogP contribution in [0.2, 0.25) is 0 Å². The maximum Gasteiger partial charge on any atom is 0.339 e. The van der Waals surface area contributed by atoms with Crippen molar-refractivity contribution in [3.05, 3.63) is 59.2 Å². The molecule has 19 heavy (non-hydrogen) atoms. The van der Waals surface area contributed by atoms with Gasteiger partial charge in [0.25, 0.3) is 0 Å². The molecule has 0 aliphatic heterocycles. The molecular formula is C14H15N3O2. The molecule has 0 atom stereocenters. The molecule has 2 aromatic rings. The van der Waals surface area contributed by atoms with Crippen LogP contribution in [0.3, 0.4) is 0 Å². The fourth-order valence-corrected chi connectivity index (χ4v) is 1.80. The first-order chi connectivity index (χ1) is 9.18. The molecule has 0 radical (unpaired) electrons. The zero-order valence-corrected chi connectivity index (χ0v) is 10.6. The molecular weight excluding hydrogens is 242 g/mol. The van der Waals surface area contributed by atoms with Crippen molar-refractivity contribution < 1.29 is 9.90 Å². The molecule has 1 heterocycles. The van der Waals surface area contributed by atoms with Crippen molar-refractivity contribution in [3.63, 3.8) is 0 Å². The molecule has 1 aromatic carbocycles. The van der Waals surface area contributed by atoms with Crippen LogP contribution >= 0.6 is 0 Å². The van der Waals surface area contributed by atoms with Crippen LogP contribution in [-0.2, 0) is 13.1 Å². The highest BCUT2D eigenvalue weighted by Gasteiger charge is 2.10. The number of benzene rings is 1. The summed E-state index contributed by atoms with van der Waals surface area (Å²) in [5.41, 5.74) is 3.03. The molecule has 0 aliphatic carbocycles. The minimum Gasteiger partial charge on any atom is -0.478 e. The third kappa shape index (κ3) is 3.35. The second-order valence-electron chi connectivity index (χ2n) is 4.22. The number of hydrogen-bond donors (Lipinski definition) is 2. The van der Waals surface area contributed by atoms with Gasteiger partial charge in [-0.25, -0.2) is 14.8 Å². The predicted molar refractivity (Wildman–Crippen MR) is 70.7 cm³/mol. The van der Waals surface area contributed by atoms with Crippen molar-refractivity contribution in [2.24, 2.45) is 0 Å². The molecule has 98 valence electrons. The van der Waals surface area contributed by atoms with Crippen molar-refractivity contribution in [2.45, 2.75) is 20.0 Å². The smallest absolute Gasteiger partial charge is 0.339 e. The van der Waals surface area contributed by atoms with Crippen molar-refractivity contribution >= 4 is 5.97 Å². The number of aryl methyl sites for hydroxylation is 1. The van der Waals surface area contributed by atoms with Gasteiger partial charge in [0.15, 0.2) is 0 Å². The molecule has 2 N–H and O–H groups in total. The topological polar surface area (TPSA) is 75.1 Å². The quantitative estimate of drug-likeness (QED) is 0.853. The number of rotatable bonds is 5. The van der Waals surface area contributed by atoms with Gasteiger partial charge in [-0.1, -0.05) is 24.3 Å². The second kappa shape index (κ2) is 6.06. The fourth-order valence-electron chi connectivity index (χ4n) is 1.80. The number of aromatic carboxylic acids is 1. The summed E-state index contributed by atoms with van der Waals surface area (Å²) in [6.45, 7) is 3.12. The van der Waals surface area contributed by atoms with Gasteiger partial charge in [-0.15, -0.1) is 0 Å². The monoisotopic (exact) mass is 257 g/mol. The standard InChI is InChI=1S/C14H15N3O2/c1-10-4-2-3-5-11(10)6-15-8-13-12(14(18)19)7-16-9-17-13/h2-5,7,9,15H,6,8H2,1H3,(H,18,19). The van der Waals surface area contributed by atoms with Crippen LogP contribution in [-0.4, -0.2) is 21.0 Å². The first-order valence-corrected chi connectivity index (χ1v) is 5.96. The van der Waals surface area contributed by atoms with E-state index in [0.29, 0.717) is 18.8 Å². The molecule has 0 aliphatic rings. The molecule has 5 heteroatoms. The lowest BCUT2D eigenvalue weighted by Crippen LogP contribution is -2.17. The fraction of sp³-hybridized carbons (Fsp3) is 0.214. The first-order valence-electron chi connectivity index (χ1n) is 5.96. The van der Waals surface area contributed by atoms with Gasteiger partial charge in [0, 0.05) is 19.3 Å². The largest absolute Gasteiger partial charge is 0.478 e. The van der Waals surface area contributed by atoms with Crippen molar-refractivity contribution in [1.29, 1.82) is 0 Å². The van der Waals surface area contributed by atoms with E-state index in [0.717, 1.165) is 0 Å². The average Bonchev–Trinajstić information content (AvgIpc) is 2.41. The number of nitrogens with one attached hydrogen (secondary N) is 1. The molecule has 0 bridgehead atoms. The molecule has 0 saturated carbocycles. The zero-order valence-electron chi connectivity index (χ0n) is 10.6.